The van der Waals surface area contributed by atoms with Gasteiger partial charge in [0, 0.05) is 13.0 Å². The largest absolute Gasteiger partial charge is 0.295 e. The Bertz CT molecular complexity index is 600. The monoisotopic (exact) mass is 363 g/mol. The van der Waals surface area contributed by atoms with E-state index < -0.39 is 0 Å². The number of halogens is 2. The van der Waals surface area contributed by atoms with Gasteiger partial charge in [-0.05, 0) is 22.6 Å². The predicted octanol–water partition coefficient (Wildman–Crippen LogP) is 1.30. The van der Waals surface area contributed by atoms with E-state index in [1.807, 2.05) is 0 Å². The van der Waals surface area contributed by atoms with Crippen molar-refractivity contribution < 1.29 is 4.79 Å². The second-order valence-electron chi connectivity index (χ2n) is 3.74. The minimum atomic E-state index is -0.155. The zero-order chi connectivity index (χ0) is 12.0. The molecule has 1 saturated heterocycles. The maximum atomic E-state index is 11.8. The first-order valence-electron chi connectivity index (χ1n) is 4.96. The molecule has 1 aliphatic rings. The van der Waals surface area contributed by atoms with Crippen molar-refractivity contribution in [2.45, 2.75) is 11.8 Å². The van der Waals surface area contributed by atoms with E-state index in [9.17, 15) is 4.79 Å². The molecule has 0 saturated carbocycles. The van der Waals surface area contributed by atoms with E-state index in [1.54, 1.807) is 4.90 Å². The molecule has 0 radical (unpaired) electrons. The summed E-state index contributed by atoms with van der Waals surface area (Å²) in [7, 11) is 0. The zero-order valence-electron chi connectivity index (χ0n) is 8.52. The number of anilines is 1. The minimum absolute atomic E-state index is 0.0120. The summed E-state index contributed by atoms with van der Waals surface area (Å²) in [5.74, 6) is 0.573. The number of carbonyl (C=O) groups is 1. The van der Waals surface area contributed by atoms with Crippen molar-refractivity contribution in [3.05, 3.63) is 10.0 Å². The molecular weight excluding hydrogens is 356 g/mol. The fraction of sp³-hybridized carbons (Fsp3) is 0.333. The molecule has 6 nitrogen and oxygen atoms in total. The van der Waals surface area contributed by atoms with E-state index in [0.29, 0.717) is 24.4 Å². The highest BCUT2D eigenvalue weighted by Crippen LogP contribution is 2.29. The Morgan fingerprint density at radius 3 is 3.06 bits per heavy atom. The van der Waals surface area contributed by atoms with Gasteiger partial charge in [0.05, 0.1) is 10.8 Å². The molecule has 17 heavy (non-hydrogen) atoms. The van der Waals surface area contributed by atoms with Crippen molar-refractivity contribution in [2.75, 3.05) is 11.4 Å². The van der Waals surface area contributed by atoms with Gasteiger partial charge < -0.3 is 0 Å². The summed E-state index contributed by atoms with van der Waals surface area (Å²) in [6.45, 7) is 0.480. The number of nitrogens with zero attached hydrogens (tertiary/aromatic N) is 4. The fourth-order valence-electron chi connectivity index (χ4n) is 1.88. The first kappa shape index (κ1) is 11.1. The molecule has 1 unspecified atom stereocenters. The number of aromatic nitrogens is 4. The molecule has 3 heterocycles. The molecule has 0 bridgehead atoms. The van der Waals surface area contributed by atoms with Crippen LogP contribution >= 0.6 is 34.2 Å². The average molecular weight is 364 g/mol. The number of hydrogen-bond acceptors (Lipinski definition) is 4. The smallest absolute Gasteiger partial charge is 0.229 e. The number of rotatable bonds is 1. The van der Waals surface area contributed by atoms with E-state index in [4.69, 9.17) is 11.6 Å². The highest BCUT2D eigenvalue weighted by molar-refractivity contribution is 14.1. The van der Waals surface area contributed by atoms with E-state index in [2.05, 4.69) is 42.8 Å². The van der Waals surface area contributed by atoms with E-state index >= 15 is 0 Å². The summed E-state index contributed by atoms with van der Waals surface area (Å²) in [4.78, 5) is 21.6. The molecule has 1 atom stereocenters. The van der Waals surface area contributed by atoms with Crippen LogP contribution in [0, 0.1) is 3.70 Å². The summed E-state index contributed by atoms with van der Waals surface area (Å²) < 4.78 is 0.819. The second kappa shape index (κ2) is 4.05. The number of H-pyrrole nitrogens is 1. The third-order valence-electron chi connectivity index (χ3n) is 2.62. The number of hydrogen-bond donors (Lipinski definition) is 1. The molecule has 2 aromatic heterocycles. The molecule has 1 amide bonds. The number of carbonyl (C=O) groups excluding carboxylic acids is 1. The molecule has 0 aliphatic carbocycles. The van der Waals surface area contributed by atoms with Crippen LogP contribution in [0.5, 0.6) is 0 Å². The first-order chi connectivity index (χ1) is 8.16. The van der Waals surface area contributed by atoms with Crippen LogP contribution in [0.3, 0.4) is 0 Å². The Morgan fingerprint density at radius 2 is 2.35 bits per heavy atom. The van der Waals surface area contributed by atoms with Crippen molar-refractivity contribution in [2.24, 2.45) is 0 Å². The summed E-state index contributed by atoms with van der Waals surface area (Å²) in [5, 5.41) is 7.48. The lowest BCUT2D eigenvalue weighted by molar-refractivity contribution is -0.117. The summed E-state index contributed by atoms with van der Waals surface area (Å²) in [6, 6.07) is 0. The van der Waals surface area contributed by atoms with Crippen molar-refractivity contribution >= 4 is 57.0 Å². The summed E-state index contributed by atoms with van der Waals surface area (Å²) >= 11 is 8.09. The Hall–Kier alpha value is -0.960. The number of fused-ring (bicyclic) bond motifs is 1. The number of amides is 1. The molecule has 0 aromatic carbocycles. The van der Waals surface area contributed by atoms with Gasteiger partial charge in [-0.2, -0.15) is 5.10 Å². The number of aromatic amines is 1. The number of nitrogens with one attached hydrogen (secondary N) is 1. The van der Waals surface area contributed by atoms with Gasteiger partial charge in [-0.25, -0.2) is 9.97 Å². The van der Waals surface area contributed by atoms with Crippen molar-refractivity contribution in [1.29, 1.82) is 0 Å². The lowest BCUT2D eigenvalue weighted by Gasteiger charge is -2.14. The van der Waals surface area contributed by atoms with Crippen LogP contribution in [-0.2, 0) is 4.79 Å². The summed E-state index contributed by atoms with van der Waals surface area (Å²) in [5.41, 5.74) is 0.560. The van der Waals surface area contributed by atoms with Gasteiger partial charge >= 0.3 is 0 Å². The van der Waals surface area contributed by atoms with Gasteiger partial charge in [0.15, 0.2) is 11.5 Å². The van der Waals surface area contributed by atoms with Crippen LogP contribution in [0.2, 0.25) is 0 Å². The van der Waals surface area contributed by atoms with Crippen LogP contribution in [0.1, 0.15) is 6.42 Å². The second-order valence-corrected chi connectivity index (χ2v) is 5.44. The highest BCUT2D eigenvalue weighted by Gasteiger charge is 2.32. The van der Waals surface area contributed by atoms with Gasteiger partial charge in [0.25, 0.3) is 0 Å². The van der Waals surface area contributed by atoms with E-state index in [1.165, 1.54) is 6.33 Å². The number of alkyl halides is 1. The van der Waals surface area contributed by atoms with Crippen LogP contribution in [0.15, 0.2) is 6.33 Å². The SMILES string of the molecule is O=C1CC(Cl)CN1c1ncnc2n[nH]c(I)c12. The van der Waals surface area contributed by atoms with E-state index in [-0.39, 0.29) is 11.3 Å². The van der Waals surface area contributed by atoms with Gasteiger partial charge in [-0.15, -0.1) is 11.6 Å². The molecule has 3 rings (SSSR count). The normalized spacial score (nSPS) is 20.5. The van der Waals surface area contributed by atoms with Crippen LogP contribution < -0.4 is 4.90 Å². The molecule has 2 aromatic rings. The molecular formula is C9H7ClIN5O. The standard InChI is InChI=1S/C9H7ClIN5O/c10-4-1-5(17)16(2-4)9-6-7(11)14-15-8(6)12-3-13-9/h3-4H,1-2H2,(H,12,13,14,15). The molecule has 1 N–H and O–H groups in total. The molecule has 1 fully saturated rings. The minimum Gasteiger partial charge on any atom is -0.295 e. The third kappa shape index (κ3) is 1.77. The maximum absolute atomic E-state index is 11.8. The molecule has 1 aliphatic heterocycles. The van der Waals surface area contributed by atoms with Crippen molar-refractivity contribution in [3.63, 3.8) is 0 Å². The highest BCUT2D eigenvalue weighted by atomic mass is 127. The molecule has 0 spiro atoms. The lowest BCUT2D eigenvalue weighted by Crippen LogP contribution is -2.26. The van der Waals surface area contributed by atoms with Crippen LogP contribution in [0.25, 0.3) is 11.0 Å². The van der Waals surface area contributed by atoms with Gasteiger partial charge in [0.2, 0.25) is 5.91 Å². The average Bonchev–Trinajstić information content (AvgIpc) is 2.83. The van der Waals surface area contributed by atoms with Gasteiger partial charge in [-0.3, -0.25) is 14.8 Å². The van der Waals surface area contributed by atoms with Gasteiger partial charge in [-0.1, -0.05) is 0 Å². The Balaban J connectivity index is 2.17. The first-order valence-corrected chi connectivity index (χ1v) is 6.47. The Kier molecular flexibility index (Phi) is 2.66. The zero-order valence-corrected chi connectivity index (χ0v) is 11.4. The topological polar surface area (TPSA) is 74.8 Å². The van der Waals surface area contributed by atoms with E-state index in [0.717, 1.165) is 9.09 Å². The van der Waals surface area contributed by atoms with Gasteiger partial charge in [0.1, 0.15) is 10.0 Å². The molecule has 8 heteroatoms. The Labute approximate surface area is 115 Å². The van der Waals surface area contributed by atoms with Crippen LogP contribution in [-0.4, -0.2) is 38.0 Å². The third-order valence-corrected chi connectivity index (χ3v) is 3.69. The fourth-order valence-corrected chi connectivity index (χ4v) is 2.75. The van der Waals surface area contributed by atoms with Crippen molar-refractivity contribution in [3.8, 4) is 0 Å². The Morgan fingerprint density at radius 1 is 1.53 bits per heavy atom. The van der Waals surface area contributed by atoms with Crippen molar-refractivity contribution in [1.82, 2.24) is 20.2 Å². The molecule has 88 valence electrons. The van der Waals surface area contributed by atoms with Crippen LogP contribution in [0.4, 0.5) is 5.82 Å². The summed E-state index contributed by atoms with van der Waals surface area (Å²) in [6.07, 6.45) is 1.75. The quantitative estimate of drug-likeness (QED) is 0.612. The lowest BCUT2D eigenvalue weighted by atomic mass is 10.3. The maximum Gasteiger partial charge on any atom is 0.229 e. The predicted molar refractivity (Wildman–Crippen MR) is 71.0 cm³/mol.